The van der Waals surface area contributed by atoms with Crippen molar-refractivity contribution in [2.24, 2.45) is 0 Å². The minimum atomic E-state index is 0.124. The largest absolute Gasteiger partial charge is 0.357 e. The molecule has 3 heterocycles. The van der Waals surface area contributed by atoms with E-state index in [0.717, 1.165) is 51.3 Å². The molecule has 4 nitrogen and oxygen atoms in total. The fourth-order valence-electron chi connectivity index (χ4n) is 4.19. The molecule has 1 atom stereocenters. The Kier molecular flexibility index (Phi) is 5.19. The van der Waals surface area contributed by atoms with Gasteiger partial charge in [-0.2, -0.15) is 0 Å². The van der Waals surface area contributed by atoms with Crippen molar-refractivity contribution >= 4 is 11.7 Å². The normalized spacial score (nSPS) is 20.8. The van der Waals surface area contributed by atoms with Crippen molar-refractivity contribution in [3.63, 3.8) is 0 Å². The molecule has 0 unspecified atom stereocenters. The van der Waals surface area contributed by atoms with Crippen molar-refractivity contribution in [1.29, 1.82) is 0 Å². The Morgan fingerprint density at radius 2 is 1.69 bits per heavy atom. The lowest BCUT2D eigenvalue weighted by molar-refractivity contribution is 0.0760. The molecule has 0 saturated carbocycles. The number of likely N-dealkylation sites (tertiary alicyclic amines) is 1. The molecular weight excluding hydrogens is 322 g/mol. The molecule has 2 fully saturated rings. The first kappa shape index (κ1) is 17.1. The minimum Gasteiger partial charge on any atom is -0.357 e. The summed E-state index contributed by atoms with van der Waals surface area (Å²) in [5.74, 6) is 1.68. The average molecular weight is 349 g/mol. The van der Waals surface area contributed by atoms with Gasteiger partial charge >= 0.3 is 0 Å². The third-order valence-electron chi connectivity index (χ3n) is 5.71. The zero-order chi connectivity index (χ0) is 17.8. The summed E-state index contributed by atoms with van der Waals surface area (Å²) < 4.78 is 0. The molecule has 1 aromatic heterocycles. The van der Waals surface area contributed by atoms with Crippen LogP contribution in [-0.4, -0.2) is 42.0 Å². The molecule has 2 saturated heterocycles. The van der Waals surface area contributed by atoms with E-state index in [1.165, 1.54) is 18.4 Å². The highest BCUT2D eigenvalue weighted by molar-refractivity contribution is 5.94. The molecule has 2 aliphatic heterocycles. The van der Waals surface area contributed by atoms with Crippen LogP contribution in [0, 0.1) is 0 Å². The van der Waals surface area contributed by atoms with E-state index in [0.29, 0.717) is 11.5 Å². The molecule has 1 aromatic carbocycles. The third-order valence-corrected chi connectivity index (χ3v) is 5.71. The Bertz CT molecular complexity index is 723. The van der Waals surface area contributed by atoms with Gasteiger partial charge in [0.15, 0.2) is 0 Å². The minimum absolute atomic E-state index is 0.124. The molecule has 4 heteroatoms. The fourth-order valence-corrected chi connectivity index (χ4v) is 4.19. The van der Waals surface area contributed by atoms with Gasteiger partial charge in [-0.15, -0.1) is 0 Å². The molecule has 0 spiro atoms. The van der Waals surface area contributed by atoms with E-state index in [2.05, 4.69) is 40.2 Å². The van der Waals surface area contributed by atoms with Gasteiger partial charge in [-0.05, 0) is 55.7 Å². The first-order valence-corrected chi connectivity index (χ1v) is 9.86. The van der Waals surface area contributed by atoms with Crippen LogP contribution in [0.3, 0.4) is 0 Å². The van der Waals surface area contributed by atoms with Gasteiger partial charge in [0.25, 0.3) is 5.91 Å². The summed E-state index contributed by atoms with van der Waals surface area (Å²) in [6.07, 6.45) is 7.48. The summed E-state index contributed by atoms with van der Waals surface area (Å²) in [6, 6.07) is 14.7. The van der Waals surface area contributed by atoms with Crippen LogP contribution >= 0.6 is 0 Å². The van der Waals surface area contributed by atoms with Gasteiger partial charge in [-0.1, -0.05) is 30.3 Å². The summed E-state index contributed by atoms with van der Waals surface area (Å²) in [5, 5.41) is 0. The maximum Gasteiger partial charge on any atom is 0.255 e. The Balaban J connectivity index is 1.40. The quantitative estimate of drug-likeness (QED) is 0.837. The van der Waals surface area contributed by atoms with E-state index in [4.69, 9.17) is 0 Å². The van der Waals surface area contributed by atoms with Crippen molar-refractivity contribution < 1.29 is 4.79 Å². The van der Waals surface area contributed by atoms with Crippen LogP contribution in [0.5, 0.6) is 0 Å². The molecule has 0 N–H and O–H groups in total. The topological polar surface area (TPSA) is 36.4 Å². The molecule has 0 aliphatic carbocycles. The van der Waals surface area contributed by atoms with E-state index >= 15 is 0 Å². The molecule has 0 bridgehead atoms. The maximum atomic E-state index is 12.9. The zero-order valence-corrected chi connectivity index (χ0v) is 15.3. The highest BCUT2D eigenvalue weighted by Crippen LogP contribution is 2.28. The lowest BCUT2D eigenvalue weighted by atomic mass is 9.92. The first-order chi connectivity index (χ1) is 12.8. The summed E-state index contributed by atoms with van der Waals surface area (Å²) in [5.41, 5.74) is 2.12. The van der Waals surface area contributed by atoms with Gasteiger partial charge < -0.3 is 9.80 Å². The van der Waals surface area contributed by atoms with Gasteiger partial charge in [-0.25, -0.2) is 4.98 Å². The molecule has 2 aliphatic rings. The first-order valence-electron chi connectivity index (χ1n) is 9.86. The lowest BCUT2D eigenvalue weighted by Crippen LogP contribution is -2.32. The predicted octanol–water partition coefficient (Wildman–Crippen LogP) is 4.09. The number of benzene rings is 1. The third kappa shape index (κ3) is 3.74. The van der Waals surface area contributed by atoms with Crippen LogP contribution < -0.4 is 4.90 Å². The summed E-state index contributed by atoms with van der Waals surface area (Å²) in [6.45, 7) is 3.82. The number of amides is 1. The maximum absolute atomic E-state index is 12.9. The number of nitrogens with zero attached hydrogens (tertiary/aromatic N) is 3. The second-order valence-electron chi connectivity index (χ2n) is 7.43. The second kappa shape index (κ2) is 7.90. The summed E-state index contributed by atoms with van der Waals surface area (Å²) in [7, 11) is 0. The van der Waals surface area contributed by atoms with Crippen molar-refractivity contribution in [2.45, 2.75) is 38.0 Å². The van der Waals surface area contributed by atoms with E-state index in [-0.39, 0.29) is 5.91 Å². The van der Waals surface area contributed by atoms with Crippen LogP contribution in [0.2, 0.25) is 0 Å². The van der Waals surface area contributed by atoms with Crippen molar-refractivity contribution in [1.82, 2.24) is 9.88 Å². The number of carbonyl (C=O) groups excluding carboxylic acids is 1. The summed E-state index contributed by atoms with van der Waals surface area (Å²) in [4.78, 5) is 21.7. The van der Waals surface area contributed by atoms with Gasteiger partial charge in [0.1, 0.15) is 5.82 Å². The monoisotopic (exact) mass is 349 g/mol. The van der Waals surface area contributed by atoms with Crippen LogP contribution in [-0.2, 0) is 0 Å². The van der Waals surface area contributed by atoms with Crippen LogP contribution in [0.15, 0.2) is 48.7 Å². The molecule has 26 heavy (non-hydrogen) atoms. The Morgan fingerprint density at radius 1 is 0.885 bits per heavy atom. The van der Waals surface area contributed by atoms with E-state index in [1.54, 1.807) is 6.20 Å². The predicted molar refractivity (Wildman–Crippen MR) is 105 cm³/mol. The molecule has 136 valence electrons. The number of hydrogen-bond acceptors (Lipinski definition) is 3. The number of aromatic nitrogens is 1. The highest BCUT2D eigenvalue weighted by Gasteiger charge is 2.23. The van der Waals surface area contributed by atoms with Gasteiger partial charge in [0.2, 0.25) is 0 Å². The van der Waals surface area contributed by atoms with Gasteiger partial charge in [0, 0.05) is 32.4 Å². The van der Waals surface area contributed by atoms with Gasteiger partial charge in [0.05, 0.1) is 5.56 Å². The van der Waals surface area contributed by atoms with E-state index < -0.39 is 0 Å². The molecule has 0 radical (unpaired) electrons. The summed E-state index contributed by atoms with van der Waals surface area (Å²) >= 11 is 0. The lowest BCUT2D eigenvalue weighted by Gasteiger charge is -2.21. The Hall–Kier alpha value is -2.36. The number of anilines is 1. The van der Waals surface area contributed by atoms with Crippen molar-refractivity contribution in [2.75, 3.05) is 31.1 Å². The molecule has 4 rings (SSSR count). The Labute approximate surface area is 155 Å². The number of hydrogen-bond donors (Lipinski definition) is 0. The molecular formula is C22H27N3O. The number of pyridine rings is 1. The van der Waals surface area contributed by atoms with E-state index in [9.17, 15) is 4.79 Å². The van der Waals surface area contributed by atoms with Gasteiger partial charge in [-0.3, -0.25) is 4.79 Å². The van der Waals surface area contributed by atoms with Crippen LogP contribution in [0.25, 0.3) is 0 Å². The van der Waals surface area contributed by atoms with Crippen molar-refractivity contribution in [3.05, 3.63) is 59.8 Å². The zero-order valence-electron chi connectivity index (χ0n) is 15.3. The second-order valence-corrected chi connectivity index (χ2v) is 7.43. The smallest absolute Gasteiger partial charge is 0.255 e. The Morgan fingerprint density at radius 3 is 2.42 bits per heavy atom. The standard InChI is InChI=1S/C22H27N3O/c26-22(20-10-11-21(23-17-20)24-13-4-5-14-24)25-15-6-9-19(12-16-25)18-7-2-1-3-8-18/h1-3,7-8,10-11,17,19H,4-6,9,12-16H2/t19-/m0/s1. The average Bonchev–Trinajstić information content (AvgIpc) is 3.13. The van der Waals surface area contributed by atoms with Crippen molar-refractivity contribution in [3.8, 4) is 0 Å². The van der Waals surface area contributed by atoms with Crippen LogP contribution in [0.4, 0.5) is 5.82 Å². The highest BCUT2D eigenvalue weighted by atomic mass is 16.2. The number of carbonyl (C=O) groups is 1. The molecule has 1 amide bonds. The van der Waals surface area contributed by atoms with Crippen LogP contribution in [0.1, 0.15) is 53.9 Å². The molecule has 2 aromatic rings. The SMILES string of the molecule is O=C(c1ccc(N2CCCC2)nc1)N1CCC[C@H](c2ccccc2)CC1. The fraction of sp³-hybridized carbons (Fsp3) is 0.455. The number of rotatable bonds is 3. The van der Waals surface area contributed by atoms with E-state index in [1.807, 2.05) is 17.0 Å².